The van der Waals surface area contributed by atoms with Crippen LogP contribution in [0, 0.1) is 16.0 Å². The molecule has 0 aliphatic carbocycles. The quantitative estimate of drug-likeness (QED) is 0.595. The van der Waals surface area contributed by atoms with Crippen molar-refractivity contribution in [1.29, 1.82) is 0 Å². The van der Waals surface area contributed by atoms with E-state index >= 15 is 0 Å². The van der Waals surface area contributed by atoms with Crippen LogP contribution in [-0.4, -0.2) is 15.9 Å². The smallest absolute Gasteiger partial charge is 0.288 e. The number of hydrogen-bond acceptors (Lipinski definition) is 4. The molecule has 0 aromatic carbocycles. The summed E-state index contributed by atoms with van der Waals surface area (Å²) in [6.07, 6.45) is 4.70. The Balaban J connectivity index is 2.54. The zero-order chi connectivity index (χ0) is 14.4. The van der Waals surface area contributed by atoms with Crippen molar-refractivity contribution in [1.82, 2.24) is 4.98 Å². The number of nitrogens with one attached hydrogen (secondary N) is 1. The van der Waals surface area contributed by atoms with E-state index < -0.39 is 4.92 Å². The van der Waals surface area contributed by atoms with Crippen molar-refractivity contribution in [3.8, 4) is 0 Å². The zero-order valence-electron chi connectivity index (χ0n) is 11.5. The second-order valence-electron chi connectivity index (χ2n) is 5.15. The molecule has 6 heteroatoms. The SMILES string of the molecule is CC(C)CCCC(C)Nc1ncc([N+](=O)[O-])cc1Br. The lowest BCUT2D eigenvalue weighted by Gasteiger charge is -2.15. The lowest BCUT2D eigenvalue weighted by atomic mass is 10.0. The molecule has 1 aromatic heterocycles. The van der Waals surface area contributed by atoms with E-state index in [0.717, 1.165) is 18.8 Å². The molecule has 0 spiro atoms. The minimum atomic E-state index is -0.451. The second kappa shape index (κ2) is 7.43. The Morgan fingerprint density at radius 2 is 2.11 bits per heavy atom. The monoisotopic (exact) mass is 329 g/mol. The van der Waals surface area contributed by atoms with Crippen molar-refractivity contribution in [2.45, 2.75) is 46.1 Å². The molecule has 0 saturated carbocycles. The first-order valence-electron chi connectivity index (χ1n) is 6.46. The number of anilines is 1. The number of hydrogen-bond donors (Lipinski definition) is 1. The van der Waals surface area contributed by atoms with Crippen molar-refractivity contribution in [3.05, 3.63) is 26.9 Å². The molecule has 0 amide bonds. The highest BCUT2D eigenvalue weighted by Gasteiger charge is 2.12. The molecule has 0 radical (unpaired) electrons. The third kappa shape index (κ3) is 5.55. The Morgan fingerprint density at radius 1 is 1.42 bits per heavy atom. The van der Waals surface area contributed by atoms with Gasteiger partial charge < -0.3 is 5.32 Å². The molecule has 106 valence electrons. The molecule has 0 aliphatic rings. The van der Waals surface area contributed by atoms with Crippen LogP contribution in [-0.2, 0) is 0 Å². The van der Waals surface area contributed by atoms with Gasteiger partial charge in [0.05, 0.1) is 9.40 Å². The predicted octanol–water partition coefficient (Wildman–Crippen LogP) is 4.38. The Labute approximate surface area is 122 Å². The molecule has 1 unspecified atom stereocenters. The number of aromatic nitrogens is 1. The Bertz CT molecular complexity index is 438. The van der Waals surface area contributed by atoms with Crippen LogP contribution in [0.1, 0.15) is 40.0 Å². The van der Waals surface area contributed by atoms with Gasteiger partial charge in [-0.2, -0.15) is 0 Å². The molecule has 19 heavy (non-hydrogen) atoms. The van der Waals surface area contributed by atoms with Gasteiger partial charge in [-0.15, -0.1) is 0 Å². The number of nitrogens with zero attached hydrogens (tertiary/aromatic N) is 2. The van der Waals surface area contributed by atoms with E-state index in [1.807, 2.05) is 0 Å². The Kier molecular flexibility index (Phi) is 6.21. The average molecular weight is 330 g/mol. The van der Waals surface area contributed by atoms with Crippen molar-refractivity contribution < 1.29 is 4.92 Å². The zero-order valence-corrected chi connectivity index (χ0v) is 13.1. The maximum Gasteiger partial charge on any atom is 0.288 e. The average Bonchev–Trinajstić information content (AvgIpc) is 2.31. The van der Waals surface area contributed by atoms with Crippen molar-refractivity contribution in [3.63, 3.8) is 0 Å². The third-order valence-electron chi connectivity index (χ3n) is 2.84. The first-order chi connectivity index (χ1) is 8.90. The lowest BCUT2D eigenvalue weighted by Crippen LogP contribution is -2.16. The van der Waals surface area contributed by atoms with Gasteiger partial charge in [0.1, 0.15) is 12.0 Å². The minimum absolute atomic E-state index is 0.00936. The summed E-state index contributed by atoms with van der Waals surface area (Å²) in [7, 11) is 0. The predicted molar refractivity (Wildman–Crippen MR) is 80.4 cm³/mol. The minimum Gasteiger partial charge on any atom is -0.367 e. The van der Waals surface area contributed by atoms with E-state index in [-0.39, 0.29) is 5.69 Å². The van der Waals surface area contributed by atoms with Gasteiger partial charge >= 0.3 is 0 Å². The molecule has 1 atom stereocenters. The number of halogens is 1. The summed E-state index contributed by atoms with van der Waals surface area (Å²) in [4.78, 5) is 14.2. The molecule has 1 aromatic rings. The number of pyridine rings is 1. The number of rotatable bonds is 7. The molecule has 0 bridgehead atoms. The Morgan fingerprint density at radius 3 is 2.63 bits per heavy atom. The summed E-state index contributed by atoms with van der Waals surface area (Å²) < 4.78 is 0.623. The van der Waals surface area contributed by atoms with Crippen LogP contribution in [0.5, 0.6) is 0 Å². The van der Waals surface area contributed by atoms with Gasteiger partial charge in [0.2, 0.25) is 0 Å². The van der Waals surface area contributed by atoms with E-state index in [1.165, 1.54) is 18.7 Å². The van der Waals surface area contributed by atoms with Crippen LogP contribution < -0.4 is 5.32 Å². The van der Waals surface area contributed by atoms with Gasteiger partial charge in [-0.05, 0) is 35.2 Å². The van der Waals surface area contributed by atoms with Gasteiger partial charge in [0, 0.05) is 12.1 Å². The van der Waals surface area contributed by atoms with Crippen LogP contribution in [0.4, 0.5) is 11.5 Å². The van der Waals surface area contributed by atoms with Crippen LogP contribution in [0.2, 0.25) is 0 Å². The van der Waals surface area contributed by atoms with Crippen molar-refractivity contribution in [2.75, 3.05) is 5.32 Å². The highest BCUT2D eigenvalue weighted by atomic mass is 79.9. The first-order valence-corrected chi connectivity index (χ1v) is 7.26. The van der Waals surface area contributed by atoms with Gasteiger partial charge in [-0.25, -0.2) is 4.98 Å². The summed E-state index contributed by atoms with van der Waals surface area (Å²) >= 11 is 3.31. The van der Waals surface area contributed by atoms with Crippen molar-refractivity contribution >= 4 is 27.4 Å². The second-order valence-corrected chi connectivity index (χ2v) is 6.01. The summed E-state index contributed by atoms with van der Waals surface area (Å²) in [6.45, 7) is 6.52. The van der Waals surface area contributed by atoms with Gasteiger partial charge in [-0.1, -0.05) is 26.7 Å². The standard InChI is InChI=1S/C13H20BrN3O2/c1-9(2)5-4-6-10(3)16-13-12(14)7-11(8-15-13)17(18)19/h7-10H,4-6H2,1-3H3,(H,15,16). The van der Waals surface area contributed by atoms with E-state index in [1.54, 1.807) is 0 Å². The molecular weight excluding hydrogens is 310 g/mol. The van der Waals surface area contributed by atoms with Gasteiger partial charge in [0.15, 0.2) is 0 Å². The van der Waals surface area contributed by atoms with Crippen LogP contribution in [0.3, 0.4) is 0 Å². The van der Waals surface area contributed by atoms with Gasteiger partial charge in [0.25, 0.3) is 5.69 Å². The van der Waals surface area contributed by atoms with Gasteiger partial charge in [-0.3, -0.25) is 10.1 Å². The molecule has 5 nitrogen and oxygen atoms in total. The molecule has 0 saturated heterocycles. The fourth-order valence-corrected chi connectivity index (χ4v) is 2.22. The maximum absolute atomic E-state index is 10.6. The van der Waals surface area contributed by atoms with Crippen LogP contribution in [0.25, 0.3) is 0 Å². The molecule has 0 fully saturated rings. The summed E-state index contributed by atoms with van der Waals surface area (Å²) in [5.41, 5.74) is -0.00936. The molecular formula is C13H20BrN3O2. The topological polar surface area (TPSA) is 68.1 Å². The fourth-order valence-electron chi connectivity index (χ4n) is 1.77. The molecule has 0 aliphatic heterocycles. The number of nitro groups is 1. The maximum atomic E-state index is 10.6. The highest BCUT2D eigenvalue weighted by molar-refractivity contribution is 9.10. The lowest BCUT2D eigenvalue weighted by molar-refractivity contribution is -0.385. The van der Waals surface area contributed by atoms with E-state index in [0.29, 0.717) is 16.3 Å². The molecule has 1 heterocycles. The van der Waals surface area contributed by atoms with E-state index in [4.69, 9.17) is 0 Å². The van der Waals surface area contributed by atoms with E-state index in [9.17, 15) is 10.1 Å². The highest BCUT2D eigenvalue weighted by Crippen LogP contribution is 2.25. The Hall–Kier alpha value is -1.17. The van der Waals surface area contributed by atoms with Crippen LogP contribution >= 0.6 is 15.9 Å². The molecule has 1 rings (SSSR count). The normalized spacial score (nSPS) is 12.5. The summed E-state index contributed by atoms with van der Waals surface area (Å²) in [5.74, 6) is 1.37. The van der Waals surface area contributed by atoms with Crippen molar-refractivity contribution in [2.24, 2.45) is 5.92 Å². The first kappa shape index (κ1) is 15.9. The fraction of sp³-hybridized carbons (Fsp3) is 0.615. The summed E-state index contributed by atoms with van der Waals surface area (Å²) in [5, 5.41) is 13.9. The largest absolute Gasteiger partial charge is 0.367 e. The van der Waals surface area contributed by atoms with E-state index in [2.05, 4.69) is 47.0 Å². The van der Waals surface area contributed by atoms with Crippen LogP contribution in [0.15, 0.2) is 16.7 Å². The molecule has 1 N–H and O–H groups in total. The summed E-state index contributed by atoms with van der Waals surface area (Å²) in [6, 6.07) is 1.76. The third-order valence-corrected chi connectivity index (χ3v) is 3.44.